The molecule has 8 heteroatoms. The molecule has 1 aliphatic heterocycles. The number of rotatable bonds is 10. The van der Waals surface area contributed by atoms with Gasteiger partial charge in [0.2, 0.25) is 5.91 Å². The Hall–Kier alpha value is -2.84. The minimum atomic E-state index is -0.413. The Balaban J connectivity index is 1.46. The highest BCUT2D eigenvalue weighted by atomic mass is 32.2. The van der Waals surface area contributed by atoms with Gasteiger partial charge < -0.3 is 15.0 Å². The summed E-state index contributed by atoms with van der Waals surface area (Å²) in [5.41, 5.74) is 2.50. The number of amides is 1. The van der Waals surface area contributed by atoms with E-state index in [0.717, 1.165) is 63.4 Å². The Bertz CT molecular complexity index is 1190. The van der Waals surface area contributed by atoms with E-state index in [-0.39, 0.29) is 11.5 Å². The minimum absolute atomic E-state index is 0.0408. The van der Waals surface area contributed by atoms with Crippen LogP contribution in [0, 0.1) is 0 Å². The SMILES string of the molecule is CCCCCCn1c(SC(C)C(=O)Nc2ccc(N3CCOCC3)cc2)nc2ccccc2c1=O. The molecular formula is C27H34N4O3S. The molecule has 2 heterocycles. The van der Waals surface area contributed by atoms with Crippen LogP contribution in [0.2, 0.25) is 0 Å². The zero-order chi connectivity index (χ0) is 24.6. The van der Waals surface area contributed by atoms with Gasteiger partial charge in [0.05, 0.1) is 29.4 Å². The standard InChI is InChI=1S/C27H34N4O3S/c1-3-4-5-8-15-31-26(33)23-9-6-7-10-24(23)29-27(31)35-20(2)25(32)28-21-11-13-22(14-12-21)30-16-18-34-19-17-30/h6-7,9-14,20H,3-5,8,15-19H2,1-2H3,(H,28,32). The lowest BCUT2D eigenvalue weighted by Crippen LogP contribution is -2.36. The monoisotopic (exact) mass is 494 g/mol. The molecule has 1 aromatic heterocycles. The van der Waals surface area contributed by atoms with Crippen molar-refractivity contribution in [1.29, 1.82) is 0 Å². The topological polar surface area (TPSA) is 76.5 Å². The Kier molecular flexibility index (Phi) is 8.82. The third-order valence-corrected chi connectivity index (χ3v) is 7.31. The van der Waals surface area contributed by atoms with Gasteiger partial charge in [-0.25, -0.2) is 4.98 Å². The lowest BCUT2D eigenvalue weighted by atomic mass is 10.2. The number of nitrogens with one attached hydrogen (secondary N) is 1. The van der Waals surface area contributed by atoms with Crippen LogP contribution in [0.1, 0.15) is 39.5 Å². The second-order valence-electron chi connectivity index (χ2n) is 8.82. The van der Waals surface area contributed by atoms with Crippen LogP contribution in [-0.4, -0.2) is 47.0 Å². The number of fused-ring (bicyclic) bond motifs is 1. The first kappa shape index (κ1) is 25.3. The van der Waals surface area contributed by atoms with Crippen molar-refractivity contribution in [1.82, 2.24) is 9.55 Å². The van der Waals surface area contributed by atoms with E-state index in [9.17, 15) is 9.59 Å². The largest absolute Gasteiger partial charge is 0.378 e. The molecule has 4 rings (SSSR count). The zero-order valence-electron chi connectivity index (χ0n) is 20.5. The van der Waals surface area contributed by atoms with E-state index in [0.29, 0.717) is 22.6 Å². The number of para-hydroxylation sites is 1. The summed E-state index contributed by atoms with van der Waals surface area (Å²) in [4.78, 5) is 33.2. The molecule has 0 bridgehead atoms. The predicted octanol–water partition coefficient (Wildman–Crippen LogP) is 4.93. The zero-order valence-corrected chi connectivity index (χ0v) is 21.4. The van der Waals surface area contributed by atoms with E-state index >= 15 is 0 Å². The molecule has 0 spiro atoms. The summed E-state index contributed by atoms with van der Waals surface area (Å²) in [6.45, 7) is 7.85. The van der Waals surface area contributed by atoms with Gasteiger partial charge in [0, 0.05) is 31.0 Å². The fourth-order valence-electron chi connectivity index (χ4n) is 4.16. The molecule has 186 valence electrons. The molecule has 0 saturated carbocycles. The number of morpholine rings is 1. The fraction of sp³-hybridized carbons (Fsp3) is 0.444. The summed E-state index contributed by atoms with van der Waals surface area (Å²) in [6.07, 6.45) is 4.26. The first-order valence-corrected chi connectivity index (χ1v) is 13.3. The predicted molar refractivity (Wildman–Crippen MR) is 144 cm³/mol. The Labute approximate surface area is 210 Å². The van der Waals surface area contributed by atoms with Gasteiger partial charge in [-0.3, -0.25) is 14.2 Å². The molecule has 0 radical (unpaired) electrons. The first-order valence-electron chi connectivity index (χ1n) is 12.5. The molecule has 1 saturated heterocycles. The molecule has 2 aromatic carbocycles. The number of aromatic nitrogens is 2. The van der Waals surface area contributed by atoms with E-state index in [1.54, 1.807) is 4.57 Å². The van der Waals surface area contributed by atoms with E-state index in [1.807, 2.05) is 55.5 Å². The quantitative estimate of drug-likeness (QED) is 0.245. The maximum Gasteiger partial charge on any atom is 0.262 e. The van der Waals surface area contributed by atoms with Gasteiger partial charge in [-0.2, -0.15) is 0 Å². The molecule has 1 atom stereocenters. The van der Waals surface area contributed by atoms with Gasteiger partial charge in [0.1, 0.15) is 0 Å². The average molecular weight is 495 g/mol. The lowest BCUT2D eigenvalue weighted by molar-refractivity contribution is -0.115. The van der Waals surface area contributed by atoms with E-state index in [1.165, 1.54) is 11.8 Å². The molecule has 1 N–H and O–H groups in total. The molecule has 1 fully saturated rings. The van der Waals surface area contributed by atoms with Crippen LogP contribution in [-0.2, 0) is 16.1 Å². The summed E-state index contributed by atoms with van der Waals surface area (Å²) in [7, 11) is 0. The Morgan fingerprint density at radius 1 is 1.09 bits per heavy atom. The average Bonchev–Trinajstić information content (AvgIpc) is 2.89. The van der Waals surface area contributed by atoms with Crippen molar-refractivity contribution in [3.05, 3.63) is 58.9 Å². The number of thioether (sulfide) groups is 1. The summed E-state index contributed by atoms with van der Waals surface area (Å²) in [5, 5.41) is 3.80. The van der Waals surface area contributed by atoms with Crippen LogP contribution in [0.25, 0.3) is 10.9 Å². The third kappa shape index (κ3) is 6.44. The number of ether oxygens (including phenoxy) is 1. The number of unbranched alkanes of at least 4 members (excludes halogenated alkanes) is 3. The third-order valence-electron chi connectivity index (χ3n) is 6.22. The summed E-state index contributed by atoms with van der Waals surface area (Å²) < 4.78 is 7.16. The lowest BCUT2D eigenvalue weighted by Gasteiger charge is -2.28. The molecule has 1 amide bonds. The van der Waals surface area contributed by atoms with Crippen LogP contribution in [0.4, 0.5) is 11.4 Å². The maximum atomic E-state index is 13.2. The number of hydrogen-bond donors (Lipinski definition) is 1. The maximum absolute atomic E-state index is 13.2. The van der Waals surface area contributed by atoms with Crippen molar-refractivity contribution in [2.24, 2.45) is 0 Å². The highest BCUT2D eigenvalue weighted by molar-refractivity contribution is 8.00. The molecule has 1 aliphatic rings. The molecular weight excluding hydrogens is 460 g/mol. The van der Waals surface area contributed by atoms with Gasteiger partial charge in [0.25, 0.3) is 5.56 Å². The van der Waals surface area contributed by atoms with E-state index in [2.05, 4.69) is 17.1 Å². The molecule has 35 heavy (non-hydrogen) atoms. The van der Waals surface area contributed by atoms with Gasteiger partial charge >= 0.3 is 0 Å². The first-order chi connectivity index (χ1) is 17.1. The van der Waals surface area contributed by atoms with E-state index in [4.69, 9.17) is 9.72 Å². The Morgan fingerprint density at radius 2 is 1.83 bits per heavy atom. The molecule has 7 nitrogen and oxygen atoms in total. The highest BCUT2D eigenvalue weighted by Gasteiger charge is 2.20. The summed E-state index contributed by atoms with van der Waals surface area (Å²) >= 11 is 1.33. The number of hydrogen-bond acceptors (Lipinski definition) is 6. The summed E-state index contributed by atoms with van der Waals surface area (Å²) in [5.74, 6) is -0.117. The summed E-state index contributed by atoms with van der Waals surface area (Å²) in [6, 6.07) is 15.3. The van der Waals surface area contributed by atoms with Crippen molar-refractivity contribution in [2.45, 2.75) is 56.5 Å². The van der Waals surface area contributed by atoms with Crippen LogP contribution in [0.5, 0.6) is 0 Å². The number of nitrogens with zero attached hydrogens (tertiary/aromatic N) is 3. The molecule has 3 aromatic rings. The van der Waals surface area contributed by atoms with Crippen molar-refractivity contribution >= 4 is 39.9 Å². The highest BCUT2D eigenvalue weighted by Crippen LogP contribution is 2.25. The number of carbonyl (C=O) groups excluding carboxylic acids is 1. The van der Waals surface area contributed by atoms with E-state index < -0.39 is 5.25 Å². The van der Waals surface area contributed by atoms with Gasteiger partial charge in [-0.15, -0.1) is 0 Å². The Morgan fingerprint density at radius 3 is 2.57 bits per heavy atom. The number of carbonyl (C=O) groups is 1. The smallest absolute Gasteiger partial charge is 0.262 e. The van der Waals surface area contributed by atoms with Gasteiger partial charge in [0.15, 0.2) is 5.16 Å². The van der Waals surface area contributed by atoms with Gasteiger partial charge in [-0.1, -0.05) is 50.1 Å². The van der Waals surface area contributed by atoms with Crippen LogP contribution >= 0.6 is 11.8 Å². The second-order valence-corrected chi connectivity index (χ2v) is 10.1. The number of benzene rings is 2. The van der Waals surface area contributed by atoms with Crippen LogP contribution in [0.15, 0.2) is 58.5 Å². The van der Waals surface area contributed by atoms with Gasteiger partial charge in [-0.05, 0) is 49.7 Å². The fourth-order valence-corrected chi connectivity index (χ4v) is 5.10. The second kappa shape index (κ2) is 12.2. The van der Waals surface area contributed by atoms with Crippen molar-refractivity contribution < 1.29 is 9.53 Å². The molecule has 0 aliphatic carbocycles. The van der Waals surface area contributed by atoms with Crippen LogP contribution < -0.4 is 15.8 Å². The molecule has 1 unspecified atom stereocenters. The van der Waals surface area contributed by atoms with Crippen molar-refractivity contribution in [3.8, 4) is 0 Å². The van der Waals surface area contributed by atoms with Crippen molar-refractivity contribution in [2.75, 3.05) is 36.5 Å². The minimum Gasteiger partial charge on any atom is -0.378 e. The van der Waals surface area contributed by atoms with Crippen LogP contribution in [0.3, 0.4) is 0 Å². The van der Waals surface area contributed by atoms with Crippen molar-refractivity contribution in [3.63, 3.8) is 0 Å². The normalized spacial score (nSPS) is 14.7. The number of anilines is 2.